The third kappa shape index (κ3) is 3.64. The summed E-state index contributed by atoms with van der Waals surface area (Å²) in [5, 5.41) is 0. The van der Waals surface area contributed by atoms with Gasteiger partial charge in [0.2, 0.25) is 0 Å². The number of hydrogen-bond acceptors (Lipinski definition) is 7. The summed E-state index contributed by atoms with van der Waals surface area (Å²) in [5.41, 5.74) is 1.44. The van der Waals surface area contributed by atoms with Crippen molar-refractivity contribution in [1.82, 2.24) is 14.1 Å². The highest BCUT2D eigenvalue weighted by atomic mass is 32.1. The van der Waals surface area contributed by atoms with Gasteiger partial charge in [-0.25, -0.2) is 4.98 Å². The molecule has 0 bridgehead atoms. The average Bonchev–Trinajstić information content (AvgIpc) is 3.12. The Morgan fingerprint density at radius 3 is 2.23 bits per heavy atom. The number of hydrogen-bond donors (Lipinski definition) is 0. The number of fused-ring (bicyclic) bond motifs is 1. The van der Waals surface area contributed by atoms with Gasteiger partial charge in [0.05, 0.1) is 20.8 Å². The second-order valence-corrected chi connectivity index (χ2v) is 8.03. The molecule has 0 aliphatic rings. The minimum Gasteiger partial charge on any atom is -0.497 e. The molecule has 4 rings (SSSR count). The maximum Gasteiger partial charge on any atom is 0.273 e. The van der Waals surface area contributed by atoms with Crippen LogP contribution in [0.15, 0.2) is 59.7 Å². The molecule has 0 atom stereocenters. The number of carbonyl (C=O) groups is 1. The molecule has 4 aromatic rings. The van der Waals surface area contributed by atoms with Gasteiger partial charge in [-0.2, -0.15) is 0 Å². The molecule has 0 saturated carbocycles. The molecule has 0 N–H and O–H groups in total. The van der Waals surface area contributed by atoms with E-state index in [2.05, 4.69) is 4.98 Å². The molecule has 30 heavy (non-hydrogen) atoms. The molecule has 0 saturated heterocycles. The fourth-order valence-electron chi connectivity index (χ4n) is 3.02. The Morgan fingerprint density at radius 1 is 1.03 bits per heavy atom. The first-order chi connectivity index (χ1) is 14.5. The molecule has 0 radical (unpaired) electrons. The lowest BCUT2D eigenvalue weighted by atomic mass is 10.1. The Labute approximate surface area is 180 Å². The van der Waals surface area contributed by atoms with Crippen LogP contribution in [0.1, 0.15) is 10.4 Å². The highest BCUT2D eigenvalue weighted by Crippen LogP contribution is 2.24. The van der Waals surface area contributed by atoms with E-state index < -0.39 is 0 Å². The average molecular weight is 440 g/mol. The number of aromatic nitrogens is 3. The molecular formula is C21H17N3O4S2. The van der Waals surface area contributed by atoms with E-state index in [4.69, 9.17) is 21.7 Å². The van der Waals surface area contributed by atoms with E-state index in [9.17, 15) is 9.59 Å². The monoisotopic (exact) mass is 439 g/mol. The number of ether oxygens (including phenoxy) is 2. The van der Waals surface area contributed by atoms with Crippen molar-refractivity contribution >= 4 is 39.7 Å². The molecule has 0 unspecified atom stereocenters. The minimum absolute atomic E-state index is 0.110. The Bertz CT molecular complexity index is 1340. The maximum atomic E-state index is 13.0. The normalized spacial score (nSPS) is 10.9. The number of methoxy groups -OCH3 is 2. The van der Waals surface area contributed by atoms with Crippen molar-refractivity contribution in [2.75, 3.05) is 14.2 Å². The third-order valence-corrected chi connectivity index (χ3v) is 5.97. The van der Waals surface area contributed by atoms with E-state index in [0.29, 0.717) is 25.6 Å². The second-order valence-electron chi connectivity index (χ2n) is 6.38. The maximum absolute atomic E-state index is 13.0. The van der Waals surface area contributed by atoms with Crippen LogP contribution < -0.4 is 15.0 Å². The predicted molar refractivity (Wildman–Crippen MR) is 118 cm³/mol. The number of benzene rings is 2. The van der Waals surface area contributed by atoms with Crippen molar-refractivity contribution in [2.45, 2.75) is 6.54 Å². The van der Waals surface area contributed by atoms with Gasteiger partial charge in [0, 0.05) is 11.3 Å². The third-order valence-electron chi connectivity index (χ3n) is 4.62. The number of ketones is 1. The van der Waals surface area contributed by atoms with Crippen LogP contribution in [-0.4, -0.2) is 34.1 Å². The molecule has 9 heteroatoms. The van der Waals surface area contributed by atoms with Crippen molar-refractivity contribution in [3.8, 4) is 17.2 Å². The summed E-state index contributed by atoms with van der Waals surface area (Å²) in [6, 6.07) is 14.1. The molecule has 0 fully saturated rings. The summed E-state index contributed by atoms with van der Waals surface area (Å²) in [6.07, 6.45) is 1.38. The van der Waals surface area contributed by atoms with Crippen LogP contribution in [0.4, 0.5) is 0 Å². The lowest BCUT2D eigenvalue weighted by molar-refractivity contribution is 0.0970. The van der Waals surface area contributed by atoms with Gasteiger partial charge in [-0.05, 0) is 60.7 Å². The van der Waals surface area contributed by atoms with Gasteiger partial charge in [-0.3, -0.25) is 18.7 Å². The van der Waals surface area contributed by atoms with E-state index in [0.717, 1.165) is 11.4 Å². The van der Waals surface area contributed by atoms with Crippen molar-refractivity contribution in [2.24, 2.45) is 0 Å². The van der Waals surface area contributed by atoms with E-state index in [-0.39, 0.29) is 17.9 Å². The predicted octanol–water partition coefficient (Wildman–Crippen LogP) is 3.88. The van der Waals surface area contributed by atoms with Gasteiger partial charge in [-0.1, -0.05) is 11.3 Å². The summed E-state index contributed by atoms with van der Waals surface area (Å²) >= 11 is 6.65. The van der Waals surface area contributed by atoms with E-state index in [1.807, 2.05) is 24.3 Å². The molecule has 2 heterocycles. The van der Waals surface area contributed by atoms with Crippen molar-refractivity contribution < 1.29 is 14.3 Å². The summed E-state index contributed by atoms with van der Waals surface area (Å²) in [4.78, 5) is 30.0. The summed E-state index contributed by atoms with van der Waals surface area (Å²) < 4.78 is 14.2. The highest BCUT2D eigenvalue weighted by Gasteiger charge is 2.15. The van der Waals surface area contributed by atoms with Gasteiger partial charge >= 0.3 is 0 Å². The van der Waals surface area contributed by atoms with Crippen LogP contribution in [0.5, 0.6) is 11.5 Å². The topological polar surface area (TPSA) is 75.3 Å². The first kappa shape index (κ1) is 20.0. The summed E-state index contributed by atoms with van der Waals surface area (Å²) in [7, 11) is 3.15. The van der Waals surface area contributed by atoms with Crippen LogP contribution in [-0.2, 0) is 6.54 Å². The first-order valence-electron chi connectivity index (χ1n) is 8.94. The van der Waals surface area contributed by atoms with Crippen LogP contribution in [0.2, 0.25) is 0 Å². The number of carbonyl (C=O) groups excluding carboxylic acids is 1. The second kappa shape index (κ2) is 8.21. The number of thiazole rings is 1. The van der Waals surface area contributed by atoms with Crippen LogP contribution in [0.25, 0.3) is 16.0 Å². The fraction of sp³-hybridized carbons (Fsp3) is 0.143. The summed E-state index contributed by atoms with van der Waals surface area (Å²) in [5.74, 6) is 1.18. The number of nitrogens with zero attached hydrogens (tertiary/aromatic N) is 3. The van der Waals surface area contributed by atoms with Gasteiger partial charge in [-0.15, -0.1) is 0 Å². The standard InChI is InChI=1S/C21H17N3O4S2/c1-27-15-7-3-13(4-8-15)17(25)11-23-12-22-19-18(20(23)26)30-21(29)24(19)14-5-9-16(28-2)10-6-14/h3-10,12H,11H2,1-2H3. The lowest BCUT2D eigenvalue weighted by Crippen LogP contribution is -2.24. The van der Waals surface area contributed by atoms with Gasteiger partial charge in [0.15, 0.2) is 15.4 Å². The Morgan fingerprint density at radius 2 is 1.63 bits per heavy atom. The highest BCUT2D eigenvalue weighted by molar-refractivity contribution is 7.73. The van der Waals surface area contributed by atoms with Crippen LogP contribution in [0.3, 0.4) is 0 Å². The van der Waals surface area contributed by atoms with Gasteiger partial charge < -0.3 is 9.47 Å². The van der Waals surface area contributed by atoms with Crippen LogP contribution >= 0.6 is 23.6 Å². The van der Waals surface area contributed by atoms with E-state index in [1.54, 1.807) is 43.1 Å². The van der Waals surface area contributed by atoms with E-state index in [1.165, 1.54) is 22.2 Å². The van der Waals surface area contributed by atoms with Crippen LogP contribution in [0, 0.1) is 3.95 Å². The quantitative estimate of drug-likeness (QED) is 0.335. The lowest BCUT2D eigenvalue weighted by Gasteiger charge is -2.08. The zero-order chi connectivity index (χ0) is 21.3. The molecule has 0 aliphatic heterocycles. The Hall–Kier alpha value is -3.30. The molecule has 152 valence electrons. The van der Waals surface area contributed by atoms with Gasteiger partial charge in [0.1, 0.15) is 22.5 Å². The van der Waals surface area contributed by atoms with E-state index >= 15 is 0 Å². The summed E-state index contributed by atoms with van der Waals surface area (Å²) in [6.45, 7) is -0.110. The number of rotatable bonds is 6. The zero-order valence-corrected chi connectivity index (χ0v) is 17.8. The smallest absolute Gasteiger partial charge is 0.273 e. The molecule has 0 spiro atoms. The molecule has 0 aliphatic carbocycles. The molecule has 0 amide bonds. The van der Waals surface area contributed by atoms with Crippen molar-refractivity contribution in [3.63, 3.8) is 0 Å². The first-order valence-corrected chi connectivity index (χ1v) is 10.2. The Balaban J connectivity index is 1.70. The SMILES string of the molecule is COc1ccc(C(=O)Cn2cnc3c(sc(=S)n3-c3ccc(OC)cc3)c2=O)cc1. The van der Waals surface area contributed by atoms with Crippen molar-refractivity contribution in [1.29, 1.82) is 0 Å². The number of Topliss-reactive ketones (excluding diaryl/α,β-unsaturated/α-hetero) is 1. The minimum atomic E-state index is -0.301. The van der Waals surface area contributed by atoms with Crippen molar-refractivity contribution in [3.05, 3.63) is 74.7 Å². The molecule has 7 nitrogen and oxygen atoms in total. The Kier molecular flexibility index (Phi) is 5.47. The fourth-order valence-corrected chi connectivity index (χ4v) is 4.36. The molecular weight excluding hydrogens is 422 g/mol. The molecule has 2 aromatic heterocycles. The zero-order valence-electron chi connectivity index (χ0n) is 16.2. The largest absolute Gasteiger partial charge is 0.497 e. The van der Waals surface area contributed by atoms with Gasteiger partial charge in [0.25, 0.3) is 5.56 Å². The molecule has 2 aromatic carbocycles.